The molecule has 7 heteroatoms. The van der Waals surface area contributed by atoms with Crippen molar-refractivity contribution in [2.75, 3.05) is 19.8 Å². The molecule has 0 aliphatic heterocycles. The van der Waals surface area contributed by atoms with E-state index in [0.717, 1.165) is 37.6 Å². The molecule has 0 radical (unpaired) electrons. The minimum Gasteiger partial charge on any atom is -0.396 e. The van der Waals surface area contributed by atoms with Crippen molar-refractivity contribution in [3.05, 3.63) is 0 Å². The van der Waals surface area contributed by atoms with E-state index in [4.69, 9.17) is 15.4 Å². The van der Waals surface area contributed by atoms with Gasteiger partial charge in [-0.25, -0.2) is 4.18 Å². The fraction of sp³-hybridized carbons (Fsp3) is 1.00. The predicted molar refractivity (Wildman–Crippen MR) is 127 cm³/mol. The van der Waals surface area contributed by atoms with Crippen molar-refractivity contribution in [2.24, 2.45) is 23.5 Å². The molecule has 4 N–H and O–H groups in total. The Morgan fingerprint density at radius 1 is 0.800 bits per heavy atom. The van der Waals surface area contributed by atoms with Crippen LogP contribution in [0.5, 0.6) is 0 Å². The molecule has 184 valence electrons. The molecule has 0 fully saturated rings. The van der Waals surface area contributed by atoms with Gasteiger partial charge >= 0.3 is 10.4 Å². The number of rotatable bonds is 19. The first kappa shape index (κ1) is 32.0. The van der Waals surface area contributed by atoms with Crippen LogP contribution in [0, 0.1) is 17.8 Å². The molecule has 0 aliphatic rings. The third-order valence-corrected chi connectivity index (χ3v) is 6.27. The van der Waals surface area contributed by atoms with Crippen molar-refractivity contribution >= 4 is 10.4 Å². The van der Waals surface area contributed by atoms with E-state index in [9.17, 15) is 8.42 Å². The molecule has 0 heterocycles. The lowest BCUT2D eigenvalue weighted by molar-refractivity contribution is 0.221. The zero-order valence-corrected chi connectivity index (χ0v) is 21.0. The largest absolute Gasteiger partial charge is 0.397 e. The summed E-state index contributed by atoms with van der Waals surface area (Å²) < 4.78 is 33.6. The number of nitrogens with two attached hydrogens (primary N) is 1. The van der Waals surface area contributed by atoms with Crippen LogP contribution < -0.4 is 5.73 Å². The third kappa shape index (κ3) is 25.8. The summed E-state index contributed by atoms with van der Waals surface area (Å²) >= 11 is 0. The Balaban J connectivity index is 0. The maximum Gasteiger partial charge on any atom is 0.397 e. The van der Waals surface area contributed by atoms with E-state index in [0.29, 0.717) is 6.61 Å². The van der Waals surface area contributed by atoms with Crippen molar-refractivity contribution in [3.63, 3.8) is 0 Å². The molecule has 0 aromatic carbocycles. The third-order valence-electron chi connectivity index (χ3n) is 5.84. The van der Waals surface area contributed by atoms with E-state index in [2.05, 4.69) is 25.0 Å². The van der Waals surface area contributed by atoms with E-state index >= 15 is 0 Å². The fourth-order valence-corrected chi connectivity index (χ4v) is 3.65. The van der Waals surface area contributed by atoms with Crippen LogP contribution in [0.2, 0.25) is 0 Å². The van der Waals surface area contributed by atoms with Gasteiger partial charge in [-0.2, -0.15) is 8.42 Å². The Morgan fingerprint density at radius 2 is 1.30 bits per heavy atom. The Labute approximate surface area is 187 Å². The molecule has 0 spiro atoms. The lowest BCUT2D eigenvalue weighted by atomic mass is 9.88. The molecule has 0 amide bonds. The van der Waals surface area contributed by atoms with Crippen LogP contribution in [0.4, 0.5) is 0 Å². The van der Waals surface area contributed by atoms with Crippen LogP contribution in [0.1, 0.15) is 111 Å². The molecule has 0 bridgehead atoms. The average Bonchev–Trinajstić information content (AvgIpc) is 2.70. The molecule has 0 saturated heterocycles. The van der Waals surface area contributed by atoms with Gasteiger partial charge in [-0.1, -0.05) is 91.9 Å². The molecule has 0 saturated carbocycles. The Bertz CT molecular complexity index is 435. The van der Waals surface area contributed by atoms with Gasteiger partial charge in [0.05, 0.1) is 6.61 Å². The predicted octanol–water partition coefficient (Wildman–Crippen LogP) is 5.74. The summed E-state index contributed by atoms with van der Waals surface area (Å²) in [7, 11) is -4.28. The van der Waals surface area contributed by atoms with Crippen LogP contribution in [0.25, 0.3) is 0 Å². The van der Waals surface area contributed by atoms with Crippen LogP contribution >= 0.6 is 0 Å². The zero-order chi connectivity index (χ0) is 23.3. The fourth-order valence-electron chi connectivity index (χ4n) is 3.25. The summed E-state index contributed by atoms with van der Waals surface area (Å²) in [4.78, 5) is 0. The number of unbranched alkanes of at least 4 members (excludes halogenated alkanes) is 8. The quantitative estimate of drug-likeness (QED) is 0.170. The van der Waals surface area contributed by atoms with E-state index in [1.165, 1.54) is 64.2 Å². The highest BCUT2D eigenvalue weighted by atomic mass is 32.3. The van der Waals surface area contributed by atoms with Gasteiger partial charge in [0.2, 0.25) is 0 Å². The molecule has 0 rings (SSSR count). The molecule has 30 heavy (non-hydrogen) atoms. The first-order valence-electron chi connectivity index (χ1n) is 12.1. The number of aliphatic hydroxyl groups excluding tert-OH is 1. The smallest absolute Gasteiger partial charge is 0.396 e. The maximum absolute atomic E-state index is 10.4. The lowest BCUT2D eigenvalue weighted by Crippen LogP contribution is -2.11. The normalized spacial score (nSPS) is 14.6. The van der Waals surface area contributed by atoms with E-state index in [1.54, 1.807) is 0 Å². The molecule has 0 aromatic rings. The molecule has 3 unspecified atom stereocenters. The summed E-state index contributed by atoms with van der Waals surface area (Å²) in [5, 5.41) is 8.53. The van der Waals surface area contributed by atoms with Gasteiger partial charge in [0, 0.05) is 6.61 Å². The molecular weight excluding hydrogens is 402 g/mol. The zero-order valence-electron chi connectivity index (χ0n) is 20.2. The van der Waals surface area contributed by atoms with Gasteiger partial charge in [0.1, 0.15) is 0 Å². The highest BCUT2D eigenvalue weighted by molar-refractivity contribution is 7.80. The van der Waals surface area contributed by atoms with Gasteiger partial charge in [-0.05, 0) is 43.6 Å². The summed E-state index contributed by atoms with van der Waals surface area (Å²) in [5.41, 5.74) is 5.38. The van der Waals surface area contributed by atoms with Crippen LogP contribution in [-0.2, 0) is 14.6 Å². The highest BCUT2D eigenvalue weighted by Gasteiger charge is 2.11. The summed E-state index contributed by atoms with van der Waals surface area (Å²) in [5.74, 6) is 1.68. The second-order valence-corrected chi connectivity index (χ2v) is 9.90. The van der Waals surface area contributed by atoms with Gasteiger partial charge in [0.25, 0.3) is 0 Å². The second kappa shape index (κ2) is 22.0. The van der Waals surface area contributed by atoms with Gasteiger partial charge in [-0.15, -0.1) is 0 Å². The van der Waals surface area contributed by atoms with Crippen LogP contribution in [0.3, 0.4) is 0 Å². The first-order chi connectivity index (χ1) is 14.2. The molecule has 6 nitrogen and oxygen atoms in total. The first-order valence-corrected chi connectivity index (χ1v) is 13.5. The maximum atomic E-state index is 10.4. The van der Waals surface area contributed by atoms with Crippen LogP contribution in [0.15, 0.2) is 0 Å². The minimum absolute atomic E-state index is 0.0692. The summed E-state index contributed by atoms with van der Waals surface area (Å²) in [6.07, 6.45) is 15.5. The van der Waals surface area contributed by atoms with Crippen molar-refractivity contribution in [3.8, 4) is 0 Å². The average molecular weight is 454 g/mol. The van der Waals surface area contributed by atoms with E-state index < -0.39 is 10.4 Å². The Hall–Kier alpha value is -0.210. The standard InChI is InChI=1S/C13H28O4S.C10H23NO/c1-5-12(3)13(4)9-7-6-8-11(2)10-17-18(14,15)16;11-9-7-5-3-1-2-4-6-8-10-12/h11-13H,5-10H2,1-4H3,(H,14,15,16);12H,1-11H2. The Morgan fingerprint density at radius 3 is 1.77 bits per heavy atom. The number of hydrogen-bond acceptors (Lipinski definition) is 5. The monoisotopic (exact) mass is 453 g/mol. The van der Waals surface area contributed by atoms with Crippen molar-refractivity contribution in [1.29, 1.82) is 0 Å². The molecular formula is C23H51NO5S. The van der Waals surface area contributed by atoms with E-state index in [-0.39, 0.29) is 12.5 Å². The number of aliphatic hydroxyl groups is 1. The van der Waals surface area contributed by atoms with Gasteiger partial charge in [0.15, 0.2) is 0 Å². The van der Waals surface area contributed by atoms with Crippen molar-refractivity contribution in [2.45, 2.75) is 111 Å². The van der Waals surface area contributed by atoms with Crippen molar-refractivity contribution in [1.82, 2.24) is 0 Å². The van der Waals surface area contributed by atoms with E-state index in [1.807, 2.05) is 6.92 Å². The number of hydrogen-bond donors (Lipinski definition) is 3. The van der Waals surface area contributed by atoms with Gasteiger partial charge < -0.3 is 10.8 Å². The molecule has 0 aromatic heterocycles. The second-order valence-electron chi connectivity index (χ2n) is 8.81. The molecule has 0 aliphatic carbocycles. The highest BCUT2D eigenvalue weighted by Crippen LogP contribution is 2.21. The lowest BCUT2D eigenvalue weighted by Gasteiger charge is -2.18. The SMILES string of the molecule is CCC(C)C(C)CCCCC(C)COS(=O)(=O)O.NCCCCCCCCCCO. The topological polar surface area (TPSA) is 110 Å². The minimum atomic E-state index is -4.28. The van der Waals surface area contributed by atoms with Crippen molar-refractivity contribution < 1.29 is 22.3 Å². The summed E-state index contributed by atoms with van der Waals surface area (Å²) in [6.45, 7) is 9.99. The van der Waals surface area contributed by atoms with Gasteiger partial charge in [-0.3, -0.25) is 4.55 Å². The molecule has 3 atom stereocenters. The Kier molecular flexibility index (Phi) is 23.4. The summed E-state index contributed by atoms with van der Waals surface area (Å²) in [6, 6.07) is 0. The van der Waals surface area contributed by atoms with Crippen LogP contribution in [-0.4, -0.2) is 37.8 Å².